The number of benzene rings is 2. The molecule has 0 aliphatic carbocycles. The van der Waals surface area contributed by atoms with E-state index in [1.807, 2.05) is 12.1 Å². The number of hydrogen-bond acceptors (Lipinski definition) is 2. The zero-order valence-electron chi connectivity index (χ0n) is 9.98. The van der Waals surface area contributed by atoms with Crippen LogP contribution in [0.2, 0.25) is 0 Å². The molecule has 2 heteroatoms. The van der Waals surface area contributed by atoms with Gasteiger partial charge in [0.05, 0.1) is 0 Å². The average molecular weight is 234 g/mol. The summed E-state index contributed by atoms with van der Waals surface area (Å²) >= 11 is 0. The molecular formula is C16H14N2. The van der Waals surface area contributed by atoms with Crippen molar-refractivity contribution in [3.8, 4) is 11.1 Å². The fourth-order valence-corrected chi connectivity index (χ4v) is 1.51. The molecule has 0 radical (unpaired) electrons. The summed E-state index contributed by atoms with van der Waals surface area (Å²) in [6.45, 7) is 0. The number of hydrogen-bond donors (Lipinski definition) is 0. The molecule has 0 aliphatic heterocycles. The molecule has 0 saturated heterocycles. The first-order chi connectivity index (χ1) is 8.97. The molecule has 0 spiro atoms. The van der Waals surface area contributed by atoms with E-state index in [1.54, 1.807) is 18.5 Å². The van der Waals surface area contributed by atoms with E-state index in [9.17, 15) is 0 Å². The van der Waals surface area contributed by atoms with Crippen molar-refractivity contribution in [3.05, 3.63) is 85.5 Å². The van der Waals surface area contributed by atoms with Gasteiger partial charge in [-0.2, -0.15) is 0 Å². The first kappa shape index (κ1) is 12.0. The first-order valence-electron chi connectivity index (χ1n) is 5.77. The minimum absolute atomic E-state index is 1.28. The van der Waals surface area contributed by atoms with Gasteiger partial charge in [0.15, 0.2) is 0 Å². The van der Waals surface area contributed by atoms with Gasteiger partial charge in [0.2, 0.25) is 0 Å². The Morgan fingerprint density at radius 1 is 0.500 bits per heavy atom. The molecule has 2 aromatic carbocycles. The third kappa shape index (κ3) is 3.83. The molecule has 3 rings (SSSR count). The predicted molar refractivity (Wildman–Crippen MR) is 73.9 cm³/mol. The lowest BCUT2D eigenvalue weighted by Gasteiger charge is -1.98. The van der Waals surface area contributed by atoms with Crippen molar-refractivity contribution in [3.63, 3.8) is 0 Å². The second kappa shape index (κ2) is 6.97. The Bertz CT molecular complexity index is 472. The second-order valence-corrected chi connectivity index (χ2v) is 3.64. The fraction of sp³-hybridized carbons (Fsp3) is 0. The van der Waals surface area contributed by atoms with Crippen LogP contribution in [0.15, 0.2) is 85.5 Å². The molecule has 0 saturated carbocycles. The average Bonchev–Trinajstić information content (AvgIpc) is 2.51. The molecule has 3 aromatic rings. The zero-order chi connectivity index (χ0) is 12.5. The highest BCUT2D eigenvalue weighted by Gasteiger charge is 1.91. The first-order valence-corrected chi connectivity index (χ1v) is 5.77. The van der Waals surface area contributed by atoms with Crippen LogP contribution in [0, 0.1) is 0 Å². The third-order valence-electron chi connectivity index (χ3n) is 2.36. The SMILES string of the molecule is c1ccc(-c2ccccc2)cc1.c1cncnc1. The molecule has 0 bridgehead atoms. The summed E-state index contributed by atoms with van der Waals surface area (Å²) in [6, 6.07) is 22.6. The minimum atomic E-state index is 1.28. The van der Waals surface area contributed by atoms with E-state index in [2.05, 4.69) is 58.5 Å². The van der Waals surface area contributed by atoms with E-state index in [0.717, 1.165) is 0 Å². The fourth-order valence-electron chi connectivity index (χ4n) is 1.51. The normalized spacial score (nSPS) is 9.11. The van der Waals surface area contributed by atoms with Crippen molar-refractivity contribution in [2.45, 2.75) is 0 Å². The van der Waals surface area contributed by atoms with Crippen LogP contribution >= 0.6 is 0 Å². The Morgan fingerprint density at radius 3 is 1.22 bits per heavy atom. The Morgan fingerprint density at radius 2 is 0.944 bits per heavy atom. The third-order valence-corrected chi connectivity index (χ3v) is 2.36. The summed E-state index contributed by atoms with van der Waals surface area (Å²) < 4.78 is 0. The van der Waals surface area contributed by atoms with E-state index in [-0.39, 0.29) is 0 Å². The molecular weight excluding hydrogens is 220 g/mol. The predicted octanol–water partition coefficient (Wildman–Crippen LogP) is 3.83. The number of rotatable bonds is 1. The van der Waals surface area contributed by atoms with Gasteiger partial charge in [0, 0.05) is 12.4 Å². The Balaban J connectivity index is 0.000000169. The summed E-state index contributed by atoms with van der Waals surface area (Å²) in [5, 5.41) is 0. The summed E-state index contributed by atoms with van der Waals surface area (Å²) in [7, 11) is 0. The smallest absolute Gasteiger partial charge is 0.115 e. The summed E-state index contributed by atoms with van der Waals surface area (Å²) in [5.41, 5.74) is 2.55. The largest absolute Gasteiger partial charge is 0.245 e. The lowest BCUT2D eigenvalue weighted by molar-refractivity contribution is 1.17. The molecule has 2 nitrogen and oxygen atoms in total. The van der Waals surface area contributed by atoms with Crippen molar-refractivity contribution in [1.29, 1.82) is 0 Å². The van der Waals surface area contributed by atoms with Gasteiger partial charge in [-0.1, -0.05) is 60.7 Å². The monoisotopic (exact) mass is 234 g/mol. The van der Waals surface area contributed by atoms with Crippen LogP contribution in [-0.4, -0.2) is 9.97 Å². The van der Waals surface area contributed by atoms with Gasteiger partial charge in [-0.3, -0.25) is 0 Å². The van der Waals surface area contributed by atoms with Gasteiger partial charge in [-0.15, -0.1) is 0 Å². The Labute approximate surface area is 107 Å². The van der Waals surface area contributed by atoms with Crippen molar-refractivity contribution in [2.75, 3.05) is 0 Å². The maximum atomic E-state index is 3.67. The van der Waals surface area contributed by atoms with Gasteiger partial charge in [-0.25, -0.2) is 9.97 Å². The molecule has 0 amide bonds. The molecule has 0 fully saturated rings. The summed E-state index contributed by atoms with van der Waals surface area (Å²) in [6.07, 6.45) is 4.88. The van der Waals surface area contributed by atoms with Crippen molar-refractivity contribution >= 4 is 0 Å². The van der Waals surface area contributed by atoms with E-state index in [1.165, 1.54) is 17.5 Å². The molecule has 0 N–H and O–H groups in total. The molecule has 88 valence electrons. The summed E-state index contributed by atoms with van der Waals surface area (Å²) in [5.74, 6) is 0. The lowest BCUT2D eigenvalue weighted by Crippen LogP contribution is -1.73. The quantitative estimate of drug-likeness (QED) is 0.639. The van der Waals surface area contributed by atoms with Gasteiger partial charge < -0.3 is 0 Å². The van der Waals surface area contributed by atoms with Crippen LogP contribution in [0.4, 0.5) is 0 Å². The van der Waals surface area contributed by atoms with E-state index < -0.39 is 0 Å². The van der Waals surface area contributed by atoms with E-state index in [0.29, 0.717) is 0 Å². The number of nitrogens with zero attached hydrogens (tertiary/aromatic N) is 2. The van der Waals surface area contributed by atoms with E-state index in [4.69, 9.17) is 0 Å². The number of aromatic nitrogens is 2. The maximum Gasteiger partial charge on any atom is 0.115 e. The molecule has 0 atom stereocenters. The lowest BCUT2D eigenvalue weighted by atomic mass is 10.1. The van der Waals surface area contributed by atoms with Gasteiger partial charge in [0.1, 0.15) is 6.33 Å². The Hall–Kier alpha value is -2.48. The highest BCUT2D eigenvalue weighted by molar-refractivity contribution is 5.62. The van der Waals surface area contributed by atoms with Crippen LogP contribution < -0.4 is 0 Å². The van der Waals surface area contributed by atoms with Crippen LogP contribution in [0.3, 0.4) is 0 Å². The summed E-state index contributed by atoms with van der Waals surface area (Å²) in [4.78, 5) is 7.35. The Kier molecular flexibility index (Phi) is 4.64. The molecule has 1 heterocycles. The van der Waals surface area contributed by atoms with Crippen molar-refractivity contribution in [2.24, 2.45) is 0 Å². The van der Waals surface area contributed by atoms with Crippen molar-refractivity contribution < 1.29 is 0 Å². The minimum Gasteiger partial charge on any atom is -0.245 e. The second-order valence-electron chi connectivity index (χ2n) is 3.64. The standard InChI is InChI=1S/C12H10.C4H4N2/c1-3-7-11(8-4-1)12-9-5-2-6-10-12;1-2-5-4-6-3-1/h1-10H;1-4H. The van der Waals surface area contributed by atoms with Gasteiger partial charge in [-0.05, 0) is 17.2 Å². The van der Waals surface area contributed by atoms with Crippen LogP contribution in [-0.2, 0) is 0 Å². The topological polar surface area (TPSA) is 25.8 Å². The highest BCUT2D eigenvalue weighted by Crippen LogP contribution is 2.17. The van der Waals surface area contributed by atoms with Crippen molar-refractivity contribution in [1.82, 2.24) is 9.97 Å². The van der Waals surface area contributed by atoms with Gasteiger partial charge >= 0.3 is 0 Å². The van der Waals surface area contributed by atoms with Gasteiger partial charge in [0.25, 0.3) is 0 Å². The molecule has 1 aromatic heterocycles. The van der Waals surface area contributed by atoms with Crippen LogP contribution in [0.25, 0.3) is 11.1 Å². The zero-order valence-corrected chi connectivity index (χ0v) is 9.98. The molecule has 18 heavy (non-hydrogen) atoms. The maximum absolute atomic E-state index is 3.67. The van der Waals surface area contributed by atoms with Crippen LogP contribution in [0.1, 0.15) is 0 Å². The van der Waals surface area contributed by atoms with Crippen LogP contribution in [0.5, 0.6) is 0 Å². The van der Waals surface area contributed by atoms with E-state index >= 15 is 0 Å². The molecule has 0 aliphatic rings. The molecule has 0 unspecified atom stereocenters. The highest BCUT2D eigenvalue weighted by atomic mass is 14.8.